The van der Waals surface area contributed by atoms with E-state index in [1.54, 1.807) is 13.2 Å². The van der Waals surface area contributed by atoms with Crippen LogP contribution >= 0.6 is 0 Å². The van der Waals surface area contributed by atoms with Crippen molar-refractivity contribution in [2.75, 3.05) is 12.4 Å². The number of unbranched alkanes of at least 4 members (excludes halogenated alkanes) is 3. The van der Waals surface area contributed by atoms with E-state index in [1.807, 2.05) is 24.3 Å². The largest absolute Gasteiger partial charge is 0.493 e. The first-order valence-corrected chi connectivity index (χ1v) is 13.0. The quantitative estimate of drug-likeness (QED) is 0.205. The van der Waals surface area contributed by atoms with Gasteiger partial charge in [0, 0.05) is 29.7 Å². The fraction of sp³-hybridized carbons (Fsp3) is 0.355. The van der Waals surface area contributed by atoms with Crippen molar-refractivity contribution >= 4 is 33.8 Å². The fourth-order valence-corrected chi connectivity index (χ4v) is 5.47. The highest BCUT2D eigenvalue weighted by molar-refractivity contribution is 6.12. The van der Waals surface area contributed by atoms with Gasteiger partial charge in [0.25, 0.3) is 0 Å². The molecule has 3 aromatic rings. The predicted octanol–water partition coefficient (Wildman–Crippen LogP) is 7.40. The third-order valence-corrected chi connectivity index (χ3v) is 7.25. The lowest BCUT2D eigenvalue weighted by atomic mass is 9.77. The number of benzene rings is 3. The summed E-state index contributed by atoms with van der Waals surface area (Å²) in [6.45, 7) is 2.15. The Kier molecular flexibility index (Phi) is 7.08. The molecule has 0 spiro atoms. The van der Waals surface area contributed by atoms with Gasteiger partial charge in [0.05, 0.1) is 13.2 Å². The third-order valence-electron chi connectivity index (χ3n) is 7.25. The monoisotopic (exact) mass is 483 g/mol. The molecule has 0 amide bonds. The molecule has 5 heteroatoms. The molecule has 1 N–H and O–H groups in total. The smallest absolute Gasteiger partial charge is 0.311 e. The number of Topliss-reactive ketones (excluding diaryl/α,β-unsaturated/α-hetero) is 1. The van der Waals surface area contributed by atoms with Gasteiger partial charge in [-0.05, 0) is 59.4 Å². The zero-order valence-corrected chi connectivity index (χ0v) is 21.1. The number of methoxy groups -OCH3 is 1. The highest BCUT2D eigenvalue weighted by Gasteiger charge is 2.35. The van der Waals surface area contributed by atoms with E-state index in [9.17, 15) is 9.59 Å². The van der Waals surface area contributed by atoms with E-state index in [0.29, 0.717) is 24.3 Å². The van der Waals surface area contributed by atoms with E-state index in [0.717, 1.165) is 66.5 Å². The van der Waals surface area contributed by atoms with E-state index in [-0.39, 0.29) is 17.8 Å². The zero-order valence-electron chi connectivity index (χ0n) is 21.1. The molecule has 1 aliphatic carbocycles. The van der Waals surface area contributed by atoms with Gasteiger partial charge in [0.1, 0.15) is 0 Å². The van der Waals surface area contributed by atoms with E-state index < -0.39 is 0 Å². The number of fused-ring (bicyclic) bond motifs is 4. The molecule has 0 bridgehead atoms. The van der Waals surface area contributed by atoms with Gasteiger partial charge in [-0.25, -0.2) is 0 Å². The molecule has 0 saturated heterocycles. The number of carbonyl (C=O) groups is 2. The Morgan fingerprint density at radius 3 is 2.69 bits per heavy atom. The molecular weight excluding hydrogens is 450 g/mol. The summed E-state index contributed by atoms with van der Waals surface area (Å²) in [5, 5.41) is 5.98. The minimum Gasteiger partial charge on any atom is -0.493 e. The van der Waals surface area contributed by atoms with Crippen molar-refractivity contribution in [2.45, 2.75) is 64.3 Å². The molecule has 186 valence electrons. The molecule has 36 heavy (non-hydrogen) atoms. The number of ether oxygens (including phenoxy) is 2. The fourth-order valence-electron chi connectivity index (χ4n) is 5.47. The Labute approximate surface area is 212 Å². The number of rotatable bonds is 8. The van der Waals surface area contributed by atoms with Gasteiger partial charge >= 0.3 is 5.97 Å². The van der Waals surface area contributed by atoms with E-state index in [4.69, 9.17) is 9.47 Å². The van der Waals surface area contributed by atoms with Crippen LogP contribution in [0.4, 0.5) is 5.69 Å². The molecule has 0 radical (unpaired) electrons. The van der Waals surface area contributed by atoms with Crippen LogP contribution in [0.1, 0.15) is 75.5 Å². The Morgan fingerprint density at radius 2 is 1.86 bits per heavy atom. The first kappa shape index (κ1) is 24.1. The number of ketones is 1. The number of anilines is 1. The third kappa shape index (κ3) is 4.62. The second kappa shape index (κ2) is 10.6. The molecule has 0 aromatic heterocycles. The van der Waals surface area contributed by atoms with E-state index in [2.05, 4.69) is 36.5 Å². The van der Waals surface area contributed by atoms with Crippen molar-refractivity contribution in [3.8, 4) is 11.5 Å². The van der Waals surface area contributed by atoms with Crippen molar-refractivity contribution in [1.82, 2.24) is 0 Å². The van der Waals surface area contributed by atoms with Crippen LogP contribution in [0.5, 0.6) is 11.5 Å². The van der Waals surface area contributed by atoms with Gasteiger partial charge < -0.3 is 14.8 Å². The molecule has 1 heterocycles. The van der Waals surface area contributed by atoms with Crippen LogP contribution in [0.3, 0.4) is 0 Å². The van der Waals surface area contributed by atoms with Crippen molar-refractivity contribution < 1.29 is 19.1 Å². The van der Waals surface area contributed by atoms with Crippen LogP contribution in [-0.4, -0.2) is 18.9 Å². The predicted molar refractivity (Wildman–Crippen MR) is 143 cm³/mol. The summed E-state index contributed by atoms with van der Waals surface area (Å²) in [6.07, 6.45) is 6.79. The molecule has 3 aromatic carbocycles. The lowest BCUT2D eigenvalue weighted by Crippen LogP contribution is -2.27. The first-order valence-electron chi connectivity index (χ1n) is 13.0. The lowest BCUT2D eigenvalue weighted by Gasteiger charge is -2.35. The second-order valence-corrected chi connectivity index (χ2v) is 9.65. The second-order valence-electron chi connectivity index (χ2n) is 9.65. The number of allylic oxidation sites excluding steroid dienone is 1. The Balaban J connectivity index is 1.48. The average molecular weight is 484 g/mol. The maximum absolute atomic E-state index is 13.3. The molecule has 1 atom stereocenters. The summed E-state index contributed by atoms with van der Waals surface area (Å²) in [4.78, 5) is 25.6. The highest BCUT2D eigenvalue weighted by Crippen LogP contribution is 2.48. The van der Waals surface area contributed by atoms with Crippen LogP contribution < -0.4 is 14.8 Å². The summed E-state index contributed by atoms with van der Waals surface area (Å²) >= 11 is 0. The summed E-state index contributed by atoms with van der Waals surface area (Å²) in [5.74, 6) is 0.842. The highest BCUT2D eigenvalue weighted by atomic mass is 16.6. The van der Waals surface area contributed by atoms with Gasteiger partial charge in [-0.15, -0.1) is 0 Å². The number of hydrogen-bond donors (Lipinski definition) is 1. The zero-order chi connectivity index (χ0) is 25.1. The van der Waals surface area contributed by atoms with E-state index in [1.165, 1.54) is 10.8 Å². The minimum atomic E-state index is -0.283. The van der Waals surface area contributed by atoms with Crippen LogP contribution in [-0.2, 0) is 9.59 Å². The number of hydrogen-bond acceptors (Lipinski definition) is 5. The van der Waals surface area contributed by atoms with Crippen LogP contribution in [0, 0.1) is 0 Å². The summed E-state index contributed by atoms with van der Waals surface area (Å²) in [5.41, 5.74) is 5.08. The van der Waals surface area contributed by atoms with Crippen LogP contribution in [0.15, 0.2) is 60.2 Å². The molecular formula is C31H33NO4. The number of esters is 1. The topological polar surface area (TPSA) is 64.6 Å². The standard InChI is InChI=1S/C31H33NO4/c1-3-4-5-6-14-28(34)36-26-18-16-21(19-27(26)35-2)31-30-23(12-9-13-25(30)33)29-22-11-8-7-10-20(22)15-17-24(29)32-31/h7-8,10-11,15-19,31-32H,3-6,9,12-14H2,1-2H3/t31-/m1/s1. The summed E-state index contributed by atoms with van der Waals surface area (Å²) in [7, 11) is 1.57. The normalized spacial score (nSPS) is 16.8. The summed E-state index contributed by atoms with van der Waals surface area (Å²) < 4.78 is 11.2. The van der Waals surface area contributed by atoms with E-state index >= 15 is 0 Å². The first-order chi connectivity index (χ1) is 17.6. The molecule has 2 aliphatic rings. The Hall–Kier alpha value is -3.60. The van der Waals surface area contributed by atoms with Gasteiger partial charge in [0.15, 0.2) is 17.3 Å². The summed E-state index contributed by atoms with van der Waals surface area (Å²) in [6, 6.07) is 17.9. The SMILES string of the molecule is CCCCCCC(=O)Oc1ccc([C@H]2Nc3ccc4ccccc4c3C3=C2C(=O)CCC3)cc1OC. The van der Waals surface area contributed by atoms with Gasteiger partial charge in [0.2, 0.25) is 0 Å². The molecule has 0 fully saturated rings. The minimum absolute atomic E-state index is 0.189. The van der Waals surface area contributed by atoms with Gasteiger partial charge in [-0.2, -0.15) is 0 Å². The Bertz CT molecular complexity index is 1340. The molecule has 0 unspecified atom stereocenters. The van der Waals surface area contributed by atoms with Gasteiger partial charge in [-0.3, -0.25) is 9.59 Å². The molecule has 5 rings (SSSR count). The van der Waals surface area contributed by atoms with Crippen LogP contribution in [0.25, 0.3) is 16.3 Å². The number of nitrogens with one attached hydrogen (secondary N) is 1. The maximum atomic E-state index is 13.3. The molecule has 0 saturated carbocycles. The lowest BCUT2D eigenvalue weighted by molar-refractivity contribution is -0.134. The number of carbonyl (C=O) groups excluding carboxylic acids is 2. The average Bonchev–Trinajstić information content (AvgIpc) is 2.90. The van der Waals surface area contributed by atoms with Crippen molar-refractivity contribution in [3.63, 3.8) is 0 Å². The maximum Gasteiger partial charge on any atom is 0.311 e. The van der Waals surface area contributed by atoms with Crippen molar-refractivity contribution in [3.05, 3.63) is 71.3 Å². The van der Waals surface area contributed by atoms with Gasteiger partial charge in [-0.1, -0.05) is 62.6 Å². The Morgan fingerprint density at radius 1 is 1.00 bits per heavy atom. The van der Waals surface area contributed by atoms with Crippen molar-refractivity contribution in [2.24, 2.45) is 0 Å². The van der Waals surface area contributed by atoms with Crippen molar-refractivity contribution in [1.29, 1.82) is 0 Å². The van der Waals surface area contributed by atoms with Crippen LogP contribution in [0.2, 0.25) is 0 Å². The molecule has 5 nitrogen and oxygen atoms in total. The molecule has 1 aliphatic heterocycles.